The first-order chi connectivity index (χ1) is 67.1. The van der Waals surface area contributed by atoms with Gasteiger partial charge < -0.3 is 76.4 Å². The monoisotopic (exact) mass is 2070 g/mol. The highest BCUT2D eigenvalue weighted by Gasteiger charge is 2.44. The third-order valence-electron chi connectivity index (χ3n) is 22.4. The fourth-order valence-corrected chi connectivity index (χ4v) is 15.7. The Morgan fingerprint density at radius 3 is 1.09 bits per heavy atom. The van der Waals surface area contributed by atoms with Gasteiger partial charge >= 0.3 is 18.1 Å². The number of anilines is 10. The van der Waals surface area contributed by atoms with Crippen LogP contribution in [0.2, 0.25) is 10.6 Å². The summed E-state index contributed by atoms with van der Waals surface area (Å²) in [6.07, 6.45) is 8.15. The molecule has 3 aliphatic heterocycles. The van der Waals surface area contributed by atoms with Crippen LogP contribution in [0.4, 0.5) is 143 Å². The lowest BCUT2D eigenvalue weighted by Crippen LogP contribution is -2.50. The molecule has 10 N–H and O–H groups in total. The number of nitrogens with two attached hydrogens (primary N) is 3. The number of carbonyl (C=O) groups is 5. The number of allylic oxidation sites excluding steroid dienone is 2. The summed E-state index contributed by atoms with van der Waals surface area (Å²) in [5.74, 6) is -12.0. The van der Waals surface area contributed by atoms with Gasteiger partial charge in [0.05, 0.1) is 103 Å². The number of aromatic nitrogens is 8. The minimum atomic E-state index is -2.96. The SMILES string of the molecule is C=CC(=O)CC1CCCCC1Nc1ncc2c(n1)N(CC(F)F)C(=O)N(c1c(F)c(OC)cc(OC)c1F)C2.C=CC(=O)Cl.COc1cc(OC)c(F)c(N2Cc3cnc(Cl)nc3N(CC(F)F)C2=O)c1F.COc1cc(OC)c(F)c(N2Cc3cnc(NC4CCCCC4N)nc3N(CC(F)F)C2=O)c1F.COc1cc(OC)c(F)c(NCc2cnc(Cl)nc2NCC(F)F)c1F.NC1CCCCC1N. The Balaban J connectivity index is 0.000000203. The van der Waals surface area contributed by atoms with E-state index in [1.165, 1.54) is 57.9 Å². The minimum Gasteiger partial charge on any atom is -0.493 e. The first-order valence-corrected chi connectivity index (χ1v) is 44.1. The Morgan fingerprint density at radius 2 is 0.752 bits per heavy atom. The van der Waals surface area contributed by atoms with E-state index in [1.54, 1.807) is 0 Å². The van der Waals surface area contributed by atoms with Crippen LogP contribution in [0.25, 0.3) is 0 Å². The van der Waals surface area contributed by atoms with Crippen molar-refractivity contribution < 1.29 is 132 Å². The van der Waals surface area contributed by atoms with Crippen molar-refractivity contribution in [2.45, 2.75) is 166 Å². The fourth-order valence-electron chi connectivity index (χ4n) is 15.4. The highest BCUT2D eigenvalue weighted by molar-refractivity contribution is 6.66. The molecule has 141 heavy (non-hydrogen) atoms. The molecule has 4 aromatic carbocycles. The standard InChI is InChI=1S/C26H29F4N5O4.C22H26F4N6O3.C16H13ClF4N4O3.C15H15ClF4N4O2.C6H14N2.C3H3ClO/c1-4-16(36)9-14-7-5-6-8-17(14)32-25-31-11-15-12-34(26(37)35(13-20(27)28)24(15)33-25)23-21(29)18(38-2)10-19(39-3)22(23)30;1-34-14-7-15(35-2)18(26)19(17(14)25)31-9-11-8-28-21(29-13-6-4-3-5-12(13)27)30-20(11)32(22(31)33)10-16(23)24;1-27-8-3-9(28-2)12(21)13(11(8)20)24-5-7-4-22-15(17)23-14(7)25(16(24)26)6-10(18)19;1-25-8-3-9(26-2)12(20)13(11(8)19)21-4-7-5-23-15(16)24-14(7)22-6-10(17)18;7-5-3-1-2-4-6(5)8;1-2-3(4)5/h4,10-11,14,17,20H,1,5-9,12-13H2,2-3H3,(H,31,32,33);7-8,12-13,16H,3-6,9-10,27H2,1-2H3,(H,28,29,30);3-4,10H,5-6H2,1-2H3;3,5,10,21H,4,6H2,1-2H3,(H,22,23,24);5-6H,1-4,7-8H2;2H,1H2. The van der Waals surface area contributed by atoms with Crippen molar-refractivity contribution in [1.29, 1.82) is 0 Å². The lowest BCUT2D eigenvalue weighted by atomic mass is 9.81. The van der Waals surface area contributed by atoms with Crippen molar-refractivity contribution in [1.82, 2.24) is 39.9 Å². The second kappa shape index (κ2) is 52.0. The first kappa shape index (κ1) is 112. The quantitative estimate of drug-likeness (QED) is 0.00918. The van der Waals surface area contributed by atoms with Gasteiger partial charge in [-0.2, -0.15) is 15.0 Å². The number of halogens is 19. The van der Waals surface area contributed by atoms with E-state index in [2.05, 4.69) is 74.3 Å². The van der Waals surface area contributed by atoms with Gasteiger partial charge in [0.25, 0.3) is 25.7 Å². The Kier molecular flexibility index (Phi) is 41.2. The van der Waals surface area contributed by atoms with Gasteiger partial charge in [0, 0.05) is 114 Å². The fraction of sp³-hybridized carbons (Fsp3) is 0.443. The highest BCUT2D eigenvalue weighted by Crippen LogP contribution is 2.46. The Labute approximate surface area is 812 Å². The number of nitrogens with one attached hydrogen (secondary N) is 4. The molecule has 34 nitrogen and oxygen atoms in total. The molecule has 768 valence electrons. The molecule has 3 fully saturated rings. The molecule has 3 aliphatic carbocycles. The molecule has 6 aliphatic rings. The summed E-state index contributed by atoms with van der Waals surface area (Å²) in [6.45, 7) is 1.47. The van der Waals surface area contributed by atoms with Crippen LogP contribution in [0.15, 0.2) is 74.4 Å². The van der Waals surface area contributed by atoms with Gasteiger partial charge in [-0.1, -0.05) is 51.7 Å². The number of ether oxygens (including phenoxy) is 8. The highest BCUT2D eigenvalue weighted by atomic mass is 35.5. The summed E-state index contributed by atoms with van der Waals surface area (Å²) in [5, 5.41) is 10.3. The van der Waals surface area contributed by atoms with Gasteiger partial charge in [-0.25, -0.2) is 110 Å². The summed E-state index contributed by atoms with van der Waals surface area (Å²) in [4.78, 5) is 97.2. The van der Waals surface area contributed by atoms with E-state index in [0.717, 1.165) is 137 Å². The smallest absolute Gasteiger partial charge is 0.330 e. The van der Waals surface area contributed by atoms with Crippen LogP contribution in [-0.4, -0.2) is 208 Å². The number of rotatable bonds is 31. The van der Waals surface area contributed by atoms with E-state index >= 15 is 17.6 Å². The maximum Gasteiger partial charge on any atom is 0.330 e. The maximum atomic E-state index is 15.2. The summed E-state index contributed by atoms with van der Waals surface area (Å²) in [7, 11) is 9.37. The summed E-state index contributed by atoms with van der Waals surface area (Å²) < 4.78 is 263. The van der Waals surface area contributed by atoms with Crippen LogP contribution in [0.5, 0.6) is 46.0 Å². The number of carbonyl (C=O) groups excluding carboxylic acids is 5. The zero-order valence-electron chi connectivity index (χ0n) is 76.8. The predicted octanol–water partition coefficient (Wildman–Crippen LogP) is 17.3. The Bertz CT molecular complexity index is 5620. The molecule has 6 atom stereocenters. The van der Waals surface area contributed by atoms with Crippen LogP contribution in [0.3, 0.4) is 0 Å². The maximum absolute atomic E-state index is 15.2. The molecule has 14 rings (SSSR count). The van der Waals surface area contributed by atoms with Crippen LogP contribution < -0.4 is 106 Å². The molecule has 0 spiro atoms. The number of benzene rings is 4. The van der Waals surface area contributed by atoms with Crippen molar-refractivity contribution in [3.8, 4) is 46.0 Å². The first-order valence-electron chi connectivity index (χ1n) is 42.9. The topological polar surface area (TPSA) is 408 Å². The third-order valence-corrected chi connectivity index (χ3v) is 22.9. The average Bonchev–Trinajstić information content (AvgIpc) is 0.758. The van der Waals surface area contributed by atoms with Gasteiger partial charge in [0.2, 0.25) is 27.7 Å². The van der Waals surface area contributed by atoms with E-state index in [9.17, 15) is 76.7 Å². The molecule has 4 aromatic heterocycles. The predicted molar refractivity (Wildman–Crippen MR) is 491 cm³/mol. The van der Waals surface area contributed by atoms with Crippen LogP contribution in [0, 0.1) is 52.5 Å². The molecule has 0 radical (unpaired) electrons. The van der Waals surface area contributed by atoms with Crippen LogP contribution >= 0.6 is 34.8 Å². The van der Waals surface area contributed by atoms with Gasteiger partial charge in [-0.15, -0.1) is 0 Å². The molecule has 6 unspecified atom stereocenters. The van der Waals surface area contributed by atoms with Gasteiger partial charge in [0.15, 0.2) is 98.3 Å². The third kappa shape index (κ3) is 28.1. The molecule has 6 amide bonds. The largest absolute Gasteiger partial charge is 0.493 e. The molecule has 53 heteroatoms. The number of hydrogen-bond donors (Lipinski definition) is 7. The number of fused-ring (bicyclic) bond motifs is 3. The number of urea groups is 3. The Hall–Kier alpha value is -12.9. The van der Waals surface area contributed by atoms with Gasteiger partial charge in [-0.05, 0) is 91.4 Å². The van der Waals surface area contributed by atoms with Crippen molar-refractivity contribution >= 4 is 122 Å². The second-order valence-electron chi connectivity index (χ2n) is 31.4. The molecule has 7 heterocycles. The van der Waals surface area contributed by atoms with Crippen LogP contribution in [-0.2, 0) is 35.8 Å². The number of nitrogens with zero attached hydrogens (tertiary/aromatic N) is 14. The summed E-state index contributed by atoms with van der Waals surface area (Å²) in [6, 6.07) is 0.904. The van der Waals surface area contributed by atoms with E-state index in [4.69, 9.17) is 89.9 Å². The summed E-state index contributed by atoms with van der Waals surface area (Å²) in [5.41, 5.74) is 15.4. The number of alkyl halides is 8. The lowest BCUT2D eigenvalue weighted by molar-refractivity contribution is -0.115. The lowest BCUT2D eigenvalue weighted by Gasteiger charge is -2.37. The summed E-state index contributed by atoms with van der Waals surface area (Å²) >= 11 is 16.1. The van der Waals surface area contributed by atoms with Crippen molar-refractivity contribution in [2.24, 2.45) is 23.1 Å². The molecular formula is C88H100Cl3F16N21O13. The second-order valence-corrected chi connectivity index (χ2v) is 32.4. The van der Waals surface area contributed by atoms with Crippen molar-refractivity contribution in [3.63, 3.8) is 0 Å². The van der Waals surface area contributed by atoms with Crippen LogP contribution in [0.1, 0.15) is 106 Å². The Morgan fingerprint density at radius 1 is 0.433 bits per heavy atom. The van der Waals surface area contributed by atoms with Crippen molar-refractivity contribution in [3.05, 3.63) is 154 Å². The number of amides is 6. The zero-order valence-corrected chi connectivity index (χ0v) is 79.1. The average molecular weight is 2070 g/mol. The number of hydrogen-bond acceptors (Lipinski definition) is 28. The number of ketones is 1. The molecule has 3 saturated carbocycles. The van der Waals surface area contributed by atoms with E-state index in [1.807, 2.05) is 0 Å². The van der Waals surface area contributed by atoms with E-state index < -0.39 is 163 Å². The van der Waals surface area contributed by atoms with E-state index in [0.29, 0.717) is 35.8 Å². The molecular weight excluding hydrogens is 1970 g/mol. The normalized spacial score (nSPS) is 17.5. The molecule has 8 aromatic rings. The number of methoxy groups -OCH3 is 8. The van der Waals surface area contributed by atoms with Crippen molar-refractivity contribution in [2.75, 3.05) is 134 Å². The molecule has 0 saturated heterocycles. The minimum absolute atomic E-state index is 0.00663. The molecule has 0 bridgehead atoms. The van der Waals surface area contributed by atoms with Gasteiger partial charge in [0.1, 0.15) is 46.0 Å². The van der Waals surface area contributed by atoms with Gasteiger partial charge in [-0.3, -0.25) is 39.0 Å². The van der Waals surface area contributed by atoms with E-state index in [-0.39, 0.29) is 164 Å². The zero-order chi connectivity index (χ0) is 104.